The van der Waals surface area contributed by atoms with Gasteiger partial charge in [-0.05, 0) is 42.5 Å². The fraction of sp³-hybridized carbons (Fsp3) is 0.150. The molecule has 0 aliphatic heterocycles. The number of hydrogen-bond donors (Lipinski definition) is 1. The third-order valence-corrected chi connectivity index (χ3v) is 6.59. The second-order valence-electron chi connectivity index (χ2n) is 6.07. The Hall–Kier alpha value is -3.18. The summed E-state index contributed by atoms with van der Waals surface area (Å²) in [7, 11) is -0.982. The number of carbonyl (C=O) groups excluding carboxylic acids is 1. The fourth-order valence-corrected chi connectivity index (χ4v) is 4.29. The van der Waals surface area contributed by atoms with Crippen molar-refractivity contribution in [3.8, 4) is 11.5 Å². The van der Waals surface area contributed by atoms with Gasteiger partial charge in [0.2, 0.25) is 15.7 Å². The van der Waals surface area contributed by atoms with Crippen molar-refractivity contribution in [2.75, 3.05) is 25.3 Å². The molecule has 0 radical (unpaired) electrons. The van der Waals surface area contributed by atoms with Crippen molar-refractivity contribution in [3.05, 3.63) is 60.4 Å². The highest BCUT2D eigenvalue weighted by molar-refractivity contribution is 7.99. The van der Waals surface area contributed by atoms with Crippen LogP contribution in [0.3, 0.4) is 0 Å². The molecule has 1 heterocycles. The number of carbonyl (C=O) groups is 1. The summed E-state index contributed by atoms with van der Waals surface area (Å²) in [6, 6.07) is 12.3. The van der Waals surface area contributed by atoms with Gasteiger partial charge in [-0.15, -0.1) is 10.2 Å². The number of methoxy groups -OCH3 is 2. The van der Waals surface area contributed by atoms with E-state index in [2.05, 4.69) is 15.5 Å². The first-order valence-corrected chi connectivity index (χ1v) is 11.3. The second kappa shape index (κ2) is 9.75. The van der Waals surface area contributed by atoms with Crippen LogP contribution in [0.1, 0.15) is 0 Å². The predicted molar refractivity (Wildman–Crippen MR) is 113 cm³/mol. The highest BCUT2D eigenvalue weighted by Crippen LogP contribution is 2.29. The van der Waals surface area contributed by atoms with Crippen molar-refractivity contribution < 1.29 is 27.1 Å². The Kier molecular flexibility index (Phi) is 7.08. The van der Waals surface area contributed by atoms with Gasteiger partial charge >= 0.3 is 0 Å². The van der Waals surface area contributed by atoms with Crippen LogP contribution in [-0.2, 0) is 14.6 Å². The van der Waals surface area contributed by atoms with E-state index in [1.54, 1.807) is 18.2 Å². The summed E-state index contributed by atoms with van der Waals surface area (Å²) in [5.41, 5.74) is 0.483. The van der Waals surface area contributed by atoms with E-state index >= 15 is 0 Å². The predicted octanol–water partition coefficient (Wildman–Crippen LogP) is 3.20. The number of hydrogen-bond acceptors (Lipinski definition) is 8. The van der Waals surface area contributed by atoms with Gasteiger partial charge < -0.3 is 14.8 Å². The standard InChI is InChI=1S/C20H18FN3O5S2/c1-28-14-6-7-16(17(11-14)29-2)22-18(25)12-30-19-8-9-20(24-23-19)31(26,27)15-5-3-4-13(21)10-15/h3-11H,12H2,1-2H3,(H,22,25). The van der Waals surface area contributed by atoms with Crippen LogP contribution < -0.4 is 14.8 Å². The molecule has 0 saturated heterocycles. The Morgan fingerprint density at radius 2 is 1.87 bits per heavy atom. The van der Waals surface area contributed by atoms with Gasteiger partial charge in [0.25, 0.3) is 0 Å². The summed E-state index contributed by atoms with van der Waals surface area (Å²) in [6.07, 6.45) is 0. The minimum atomic E-state index is -3.99. The zero-order valence-electron chi connectivity index (χ0n) is 16.5. The number of nitrogens with zero attached hydrogens (tertiary/aromatic N) is 2. The largest absolute Gasteiger partial charge is 0.497 e. The minimum Gasteiger partial charge on any atom is -0.497 e. The van der Waals surface area contributed by atoms with E-state index in [1.165, 1.54) is 38.5 Å². The molecule has 1 N–H and O–H groups in total. The molecule has 0 saturated carbocycles. The molecule has 11 heteroatoms. The number of sulfone groups is 1. The lowest BCUT2D eigenvalue weighted by Gasteiger charge is -2.11. The van der Waals surface area contributed by atoms with Crippen LogP contribution in [0.2, 0.25) is 0 Å². The van der Waals surface area contributed by atoms with Crippen molar-refractivity contribution in [3.63, 3.8) is 0 Å². The van der Waals surface area contributed by atoms with Crippen LogP contribution in [0.25, 0.3) is 0 Å². The number of aromatic nitrogens is 2. The average Bonchev–Trinajstić information content (AvgIpc) is 2.78. The van der Waals surface area contributed by atoms with Crippen LogP contribution in [0, 0.1) is 5.82 Å². The van der Waals surface area contributed by atoms with Crippen LogP contribution in [-0.4, -0.2) is 44.5 Å². The van der Waals surface area contributed by atoms with Crippen molar-refractivity contribution in [2.24, 2.45) is 0 Å². The number of benzene rings is 2. The number of rotatable bonds is 8. The molecule has 3 rings (SSSR count). The summed E-state index contributed by atoms with van der Waals surface area (Å²) in [4.78, 5) is 12.0. The van der Waals surface area contributed by atoms with E-state index in [0.29, 0.717) is 22.2 Å². The number of ether oxygens (including phenoxy) is 2. The van der Waals surface area contributed by atoms with E-state index in [-0.39, 0.29) is 21.6 Å². The lowest BCUT2D eigenvalue weighted by molar-refractivity contribution is -0.113. The molecule has 0 aliphatic rings. The third-order valence-electron chi connectivity index (χ3n) is 4.03. The van der Waals surface area contributed by atoms with E-state index in [1.807, 2.05) is 0 Å². The first kappa shape index (κ1) is 22.5. The van der Waals surface area contributed by atoms with Gasteiger partial charge in [0.15, 0.2) is 5.03 Å². The topological polar surface area (TPSA) is 107 Å². The molecule has 2 aromatic carbocycles. The first-order valence-electron chi connectivity index (χ1n) is 8.82. The molecule has 8 nitrogen and oxygen atoms in total. The lowest BCUT2D eigenvalue weighted by atomic mass is 10.2. The van der Waals surface area contributed by atoms with Crippen LogP contribution in [0.15, 0.2) is 69.5 Å². The number of halogens is 1. The van der Waals surface area contributed by atoms with Crippen LogP contribution in [0.5, 0.6) is 11.5 Å². The molecule has 0 bridgehead atoms. The van der Waals surface area contributed by atoms with E-state index < -0.39 is 15.7 Å². The molecule has 1 aromatic heterocycles. The number of nitrogens with one attached hydrogen (secondary N) is 1. The Bertz CT molecular complexity index is 1190. The molecule has 0 spiro atoms. The highest BCUT2D eigenvalue weighted by Gasteiger charge is 2.20. The van der Waals surface area contributed by atoms with E-state index in [4.69, 9.17) is 9.47 Å². The maximum absolute atomic E-state index is 13.3. The number of amides is 1. The Morgan fingerprint density at radius 3 is 2.52 bits per heavy atom. The van der Waals surface area contributed by atoms with Crippen LogP contribution >= 0.6 is 11.8 Å². The molecule has 0 atom stereocenters. The van der Waals surface area contributed by atoms with Gasteiger partial charge in [-0.2, -0.15) is 0 Å². The zero-order chi connectivity index (χ0) is 22.4. The molecule has 162 valence electrons. The normalized spacial score (nSPS) is 11.1. The monoisotopic (exact) mass is 463 g/mol. The Balaban J connectivity index is 1.64. The fourth-order valence-electron chi connectivity index (χ4n) is 2.51. The molecule has 31 heavy (non-hydrogen) atoms. The maximum atomic E-state index is 13.3. The maximum Gasteiger partial charge on any atom is 0.234 e. The van der Waals surface area contributed by atoms with Gasteiger partial charge in [-0.1, -0.05) is 17.8 Å². The minimum absolute atomic E-state index is 0.0137. The third kappa shape index (κ3) is 5.50. The van der Waals surface area contributed by atoms with Gasteiger partial charge in [-0.25, -0.2) is 12.8 Å². The van der Waals surface area contributed by atoms with E-state index in [9.17, 15) is 17.6 Å². The van der Waals surface area contributed by atoms with Gasteiger partial charge in [0.1, 0.15) is 22.3 Å². The van der Waals surface area contributed by atoms with Crippen molar-refractivity contribution >= 4 is 33.2 Å². The molecule has 1 amide bonds. The highest BCUT2D eigenvalue weighted by atomic mass is 32.2. The number of anilines is 1. The summed E-state index contributed by atoms with van der Waals surface area (Å²) in [5, 5.41) is 10.3. The average molecular weight is 464 g/mol. The van der Waals surface area contributed by atoms with Crippen LogP contribution in [0.4, 0.5) is 10.1 Å². The molecule has 3 aromatic rings. The second-order valence-corrected chi connectivity index (χ2v) is 8.97. The summed E-state index contributed by atoms with van der Waals surface area (Å²) < 4.78 is 48.7. The first-order chi connectivity index (χ1) is 14.8. The molecular formula is C20H18FN3O5S2. The SMILES string of the molecule is COc1ccc(NC(=O)CSc2ccc(S(=O)(=O)c3cccc(F)c3)nn2)c(OC)c1. The van der Waals surface area contributed by atoms with Crippen molar-refractivity contribution in [1.82, 2.24) is 10.2 Å². The molecule has 0 aliphatic carbocycles. The van der Waals surface area contributed by atoms with E-state index in [0.717, 1.165) is 23.9 Å². The number of thioether (sulfide) groups is 1. The molecular weight excluding hydrogens is 445 g/mol. The Morgan fingerprint density at radius 1 is 1.06 bits per heavy atom. The van der Waals surface area contributed by atoms with Crippen molar-refractivity contribution in [1.29, 1.82) is 0 Å². The quantitative estimate of drug-likeness (QED) is 0.508. The van der Waals surface area contributed by atoms with Gasteiger partial charge in [0.05, 0.1) is 30.6 Å². The lowest BCUT2D eigenvalue weighted by Crippen LogP contribution is -2.15. The van der Waals surface area contributed by atoms with Gasteiger partial charge in [-0.3, -0.25) is 4.79 Å². The zero-order valence-corrected chi connectivity index (χ0v) is 18.2. The summed E-state index contributed by atoms with van der Waals surface area (Å²) in [6.45, 7) is 0. The molecule has 0 fully saturated rings. The van der Waals surface area contributed by atoms with Crippen molar-refractivity contribution in [2.45, 2.75) is 14.9 Å². The van der Waals surface area contributed by atoms with Gasteiger partial charge in [0, 0.05) is 6.07 Å². The summed E-state index contributed by atoms with van der Waals surface area (Å²) in [5.74, 6) is 0.0736. The smallest absolute Gasteiger partial charge is 0.234 e. The molecule has 0 unspecified atom stereocenters. The Labute approximate surface area is 182 Å². The summed E-state index contributed by atoms with van der Waals surface area (Å²) >= 11 is 1.08.